The van der Waals surface area contributed by atoms with E-state index in [9.17, 15) is 0 Å². The molecule has 0 amide bonds. The van der Waals surface area contributed by atoms with E-state index in [-0.39, 0.29) is 18.4 Å². The van der Waals surface area contributed by atoms with E-state index in [1.54, 1.807) is 0 Å². The van der Waals surface area contributed by atoms with Crippen molar-refractivity contribution in [3.63, 3.8) is 0 Å². The molecule has 3 N–H and O–H groups in total. The SMILES string of the molecule is Cl.NCC1COc2ccccc2N1. The van der Waals surface area contributed by atoms with Gasteiger partial charge in [-0.1, -0.05) is 12.1 Å². The van der Waals surface area contributed by atoms with Crippen molar-refractivity contribution >= 4 is 18.1 Å². The molecule has 3 nitrogen and oxygen atoms in total. The Hall–Kier alpha value is -0.930. The lowest BCUT2D eigenvalue weighted by Crippen LogP contribution is -2.37. The van der Waals surface area contributed by atoms with E-state index in [4.69, 9.17) is 10.5 Å². The van der Waals surface area contributed by atoms with Gasteiger partial charge in [-0.05, 0) is 12.1 Å². The van der Waals surface area contributed by atoms with Crippen molar-refractivity contribution in [3.05, 3.63) is 24.3 Å². The predicted octanol–water partition coefficient (Wildman–Crippen LogP) is 1.24. The molecule has 4 heteroatoms. The van der Waals surface area contributed by atoms with Crippen molar-refractivity contribution in [2.75, 3.05) is 18.5 Å². The largest absolute Gasteiger partial charge is 0.489 e. The number of nitrogens with one attached hydrogen (secondary N) is 1. The number of para-hydroxylation sites is 2. The van der Waals surface area contributed by atoms with Gasteiger partial charge in [-0.2, -0.15) is 0 Å². The maximum Gasteiger partial charge on any atom is 0.142 e. The van der Waals surface area contributed by atoms with Gasteiger partial charge < -0.3 is 15.8 Å². The molecule has 13 heavy (non-hydrogen) atoms. The average molecular weight is 201 g/mol. The quantitative estimate of drug-likeness (QED) is 0.717. The summed E-state index contributed by atoms with van der Waals surface area (Å²) in [6.45, 7) is 1.27. The minimum absolute atomic E-state index is 0. The Bertz CT molecular complexity index is 280. The molecule has 0 bridgehead atoms. The molecule has 0 saturated heterocycles. The number of halogens is 1. The van der Waals surface area contributed by atoms with Gasteiger partial charge in [0.05, 0.1) is 11.7 Å². The molecule has 0 fully saturated rings. The van der Waals surface area contributed by atoms with Gasteiger partial charge in [0.25, 0.3) is 0 Å². The molecule has 2 rings (SSSR count). The molecule has 1 unspecified atom stereocenters. The number of anilines is 1. The Morgan fingerprint density at radius 1 is 1.46 bits per heavy atom. The van der Waals surface area contributed by atoms with E-state index in [0.29, 0.717) is 13.2 Å². The lowest BCUT2D eigenvalue weighted by Gasteiger charge is -2.26. The number of rotatable bonds is 1. The Balaban J connectivity index is 0.000000845. The lowest BCUT2D eigenvalue weighted by molar-refractivity contribution is 0.287. The summed E-state index contributed by atoms with van der Waals surface area (Å²) in [5, 5.41) is 3.30. The second-order valence-electron chi connectivity index (χ2n) is 2.88. The van der Waals surface area contributed by atoms with E-state index >= 15 is 0 Å². The van der Waals surface area contributed by atoms with Crippen LogP contribution in [0.1, 0.15) is 0 Å². The number of fused-ring (bicyclic) bond motifs is 1. The first kappa shape index (κ1) is 10.2. The molecule has 1 aliphatic heterocycles. The smallest absolute Gasteiger partial charge is 0.142 e. The molecule has 1 aliphatic rings. The standard InChI is InChI=1S/C9H12N2O.ClH/c10-5-7-6-12-9-4-2-1-3-8(9)11-7;/h1-4,7,11H,5-6,10H2;1H. The van der Waals surface area contributed by atoms with Crippen molar-refractivity contribution < 1.29 is 4.74 Å². The van der Waals surface area contributed by atoms with Crippen LogP contribution in [0.25, 0.3) is 0 Å². The van der Waals surface area contributed by atoms with Crippen molar-refractivity contribution in [2.24, 2.45) is 5.73 Å². The van der Waals surface area contributed by atoms with Crippen LogP contribution in [0.4, 0.5) is 5.69 Å². The van der Waals surface area contributed by atoms with Crippen LogP contribution in [-0.4, -0.2) is 19.2 Å². The second-order valence-corrected chi connectivity index (χ2v) is 2.88. The van der Waals surface area contributed by atoms with E-state index in [1.807, 2.05) is 24.3 Å². The van der Waals surface area contributed by atoms with Crippen molar-refractivity contribution in [1.29, 1.82) is 0 Å². The zero-order valence-electron chi connectivity index (χ0n) is 7.19. The van der Waals surface area contributed by atoms with Crippen LogP contribution in [-0.2, 0) is 0 Å². The third-order valence-corrected chi connectivity index (χ3v) is 1.97. The maximum absolute atomic E-state index is 5.52. The van der Waals surface area contributed by atoms with Crippen LogP contribution in [0.2, 0.25) is 0 Å². The van der Waals surface area contributed by atoms with Crippen LogP contribution in [0, 0.1) is 0 Å². The third-order valence-electron chi connectivity index (χ3n) is 1.97. The summed E-state index contributed by atoms with van der Waals surface area (Å²) in [6, 6.07) is 8.14. The third kappa shape index (κ3) is 2.05. The van der Waals surface area contributed by atoms with E-state index in [1.165, 1.54) is 0 Å². The average Bonchev–Trinajstić information content (AvgIpc) is 2.17. The Labute approximate surface area is 83.7 Å². The highest BCUT2D eigenvalue weighted by atomic mass is 35.5. The second kappa shape index (κ2) is 4.35. The molecule has 0 spiro atoms. The van der Waals surface area contributed by atoms with Crippen LogP contribution < -0.4 is 15.8 Å². The molecule has 0 aliphatic carbocycles. The normalized spacial score (nSPS) is 19.0. The van der Waals surface area contributed by atoms with Crippen LogP contribution in [0.5, 0.6) is 5.75 Å². The number of ether oxygens (including phenoxy) is 1. The molecule has 0 aromatic heterocycles. The van der Waals surface area contributed by atoms with E-state index in [0.717, 1.165) is 11.4 Å². The topological polar surface area (TPSA) is 47.3 Å². The van der Waals surface area contributed by atoms with Crippen LogP contribution >= 0.6 is 12.4 Å². The monoisotopic (exact) mass is 200 g/mol. The summed E-state index contributed by atoms with van der Waals surface area (Å²) in [5.41, 5.74) is 6.56. The van der Waals surface area contributed by atoms with Gasteiger partial charge >= 0.3 is 0 Å². The number of nitrogens with two attached hydrogens (primary N) is 1. The highest BCUT2D eigenvalue weighted by molar-refractivity contribution is 5.85. The maximum atomic E-state index is 5.52. The molecule has 1 aromatic carbocycles. The predicted molar refractivity (Wildman–Crippen MR) is 55.7 cm³/mol. The van der Waals surface area contributed by atoms with Crippen molar-refractivity contribution in [3.8, 4) is 5.75 Å². The molecular weight excluding hydrogens is 188 g/mol. The van der Waals surface area contributed by atoms with Gasteiger partial charge in [0.15, 0.2) is 0 Å². The molecule has 1 aromatic rings. The molecule has 0 saturated carbocycles. The number of benzene rings is 1. The van der Waals surface area contributed by atoms with Crippen LogP contribution in [0.15, 0.2) is 24.3 Å². The Kier molecular flexibility index (Phi) is 3.39. The molecule has 1 atom stereocenters. The lowest BCUT2D eigenvalue weighted by atomic mass is 10.2. The highest BCUT2D eigenvalue weighted by Gasteiger charge is 2.15. The first-order chi connectivity index (χ1) is 5.90. The molecular formula is C9H13ClN2O. The summed E-state index contributed by atoms with van der Waals surface area (Å²) in [4.78, 5) is 0. The fourth-order valence-electron chi connectivity index (χ4n) is 1.29. The highest BCUT2D eigenvalue weighted by Crippen LogP contribution is 2.27. The summed E-state index contributed by atoms with van der Waals surface area (Å²) >= 11 is 0. The number of hydrogen-bond donors (Lipinski definition) is 2. The molecule has 1 heterocycles. The van der Waals surface area contributed by atoms with Gasteiger partial charge in [0, 0.05) is 6.54 Å². The van der Waals surface area contributed by atoms with E-state index < -0.39 is 0 Å². The number of hydrogen-bond acceptors (Lipinski definition) is 3. The molecule has 0 radical (unpaired) electrons. The Morgan fingerprint density at radius 2 is 2.23 bits per heavy atom. The van der Waals surface area contributed by atoms with Crippen molar-refractivity contribution in [2.45, 2.75) is 6.04 Å². The van der Waals surface area contributed by atoms with Gasteiger partial charge in [-0.25, -0.2) is 0 Å². The summed E-state index contributed by atoms with van der Waals surface area (Å²) < 4.78 is 5.48. The van der Waals surface area contributed by atoms with Gasteiger partial charge in [0.1, 0.15) is 12.4 Å². The molecule has 72 valence electrons. The summed E-state index contributed by atoms with van der Waals surface area (Å²) in [6.07, 6.45) is 0. The van der Waals surface area contributed by atoms with Gasteiger partial charge in [-0.15, -0.1) is 12.4 Å². The summed E-state index contributed by atoms with van der Waals surface area (Å²) in [5.74, 6) is 0.919. The Morgan fingerprint density at radius 3 is 3.00 bits per heavy atom. The minimum Gasteiger partial charge on any atom is -0.489 e. The fourth-order valence-corrected chi connectivity index (χ4v) is 1.29. The van der Waals surface area contributed by atoms with Gasteiger partial charge in [0.2, 0.25) is 0 Å². The summed E-state index contributed by atoms with van der Waals surface area (Å²) in [7, 11) is 0. The van der Waals surface area contributed by atoms with Gasteiger partial charge in [-0.3, -0.25) is 0 Å². The first-order valence-corrected chi connectivity index (χ1v) is 4.08. The zero-order chi connectivity index (χ0) is 8.39. The zero-order valence-corrected chi connectivity index (χ0v) is 8.01. The van der Waals surface area contributed by atoms with Crippen molar-refractivity contribution in [1.82, 2.24) is 0 Å². The first-order valence-electron chi connectivity index (χ1n) is 4.08. The van der Waals surface area contributed by atoms with E-state index in [2.05, 4.69) is 5.32 Å². The fraction of sp³-hybridized carbons (Fsp3) is 0.333. The van der Waals surface area contributed by atoms with Crippen LogP contribution in [0.3, 0.4) is 0 Å². The minimum atomic E-state index is 0.